The molecule has 0 amide bonds. The summed E-state index contributed by atoms with van der Waals surface area (Å²) in [6.45, 7) is 2.21. The molecule has 0 unspecified atom stereocenters. The van der Waals surface area contributed by atoms with Crippen molar-refractivity contribution in [3.63, 3.8) is 0 Å². The summed E-state index contributed by atoms with van der Waals surface area (Å²) in [5.41, 5.74) is 0. The third kappa shape index (κ3) is 21.2. The average Bonchev–Trinajstić information content (AvgIpc) is 2.74. The number of rotatable bonds is 20. The Morgan fingerprint density at radius 3 is 2.31 bits per heavy atom. The fraction of sp³-hybridized carbons (Fsp3) is 0.538. The lowest BCUT2D eigenvalue weighted by Gasteiger charge is -2.19. The van der Waals surface area contributed by atoms with E-state index in [1.54, 1.807) is 17.8 Å². The number of carboxylic acid groups (broad SMARTS) is 2. The highest BCUT2D eigenvalue weighted by atomic mass is 32.2. The molecule has 3 N–H and O–H groups in total. The third-order valence-electron chi connectivity index (χ3n) is 4.51. The van der Waals surface area contributed by atoms with Crippen LogP contribution in [-0.4, -0.2) is 44.4 Å². The Hall–Kier alpha value is -2.05. The van der Waals surface area contributed by atoms with Gasteiger partial charge in [-0.25, -0.2) is 0 Å². The van der Waals surface area contributed by atoms with Crippen LogP contribution in [0.2, 0.25) is 0 Å². The molecule has 5 nitrogen and oxygen atoms in total. The van der Waals surface area contributed by atoms with E-state index >= 15 is 0 Å². The summed E-state index contributed by atoms with van der Waals surface area (Å²) in [6.07, 6.45) is 26.5. The van der Waals surface area contributed by atoms with Crippen LogP contribution in [0.25, 0.3) is 0 Å². The second-order valence-corrected chi connectivity index (χ2v) is 8.73. The Morgan fingerprint density at radius 1 is 0.844 bits per heavy atom. The van der Waals surface area contributed by atoms with E-state index in [2.05, 4.69) is 25.2 Å². The van der Waals surface area contributed by atoms with Crippen molar-refractivity contribution in [2.45, 2.75) is 82.5 Å². The normalized spacial score (nSPS) is 14.4. The number of thioether (sulfide) groups is 1. The van der Waals surface area contributed by atoms with Crippen LogP contribution in [0, 0.1) is 0 Å². The van der Waals surface area contributed by atoms with Gasteiger partial charge in [0.15, 0.2) is 0 Å². The molecule has 0 radical (unpaired) electrons. The van der Waals surface area contributed by atoms with Crippen molar-refractivity contribution in [3.05, 3.63) is 60.8 Å². The molecule has 180 valence electrons. The third-order valence-corrected chi connectivity index (χ3v) is 5.83. The topological polar surface area (TPSA) is 94.8 Å². The van der Waals surface area contributed by atoms with Gasteiger partial charge in [-0.05, 0) is 44.3 Å². The number of hydrogen-bond donors (Lipinski definition) is 3. The van der Waals surface area contributed by atoms with E-state index in [-0.39, 0.29) is 18.1 Å². The number of aliphatic carboxylic acids is 2. The molecular weight excluding hydrogens is 424 g/mol. The van der Waals surface area contributed by atoms with Gasteiger partial charge >= 0.3 is 11.9 Å². The maximum Gasteiger partial charge on any atom is 0.307 e. The first kappa shape index (κ1) is 29.9. The molecule has 0 aromatic rings. The molecule has 32 heavy (non-hydrogen) atoms. The van der Waals surface area contributed by atoms with Crippen molar-refractivity contribution < 1.29 is 24.9 Å². The molecule has 0 heterocycles. The van der Waals surface area contributed by atoms with Crippen molar-refractivity contribution >= 4 is 23.7 Å². The summed E-state index contributed by atoms with van der Waals surface area (Å²) in [5.74, 6) is -0.964. The molecule has 6 heteroatoms. The van der Waals surface area contributed by atoms with Gasteiger partial charge in [0.25, 0.3) is 0 Å². The summed E-state index contributed by atoms with van der Waals surface area (Å²) in [5, 5.41) is 27.7. The SMILES string of the molecule is CCCCC/C=C\C\C=C/C=C/C=C/[C@@H](SCC/C=C/CC(=O)O)[C@@H](O)CCCC(=O)O. The Labute approximate surface area is 197 Å². The van der Waals surface area contributed by atoms with Crippen molar-refractivity contribution in [1.29, 1.82) is 0 Å². The van der Waals surface area contributed by atoms with Crippen LogP contribution in [-0.2, 0) is 9.59 Å². The highest BCUT2D eigenvalue weighted by Crippen LogP contribution is 2.21. The quantitative estimate of drug-likeness (QED) is 0.111. The summed E-state index contributed by atoms with van der Waals surface area (Å²) in [7, 11) is 0. The largest absolute Gasteiger partial charge is 0.481 e. The van der Waals surface area contributed by atoms with Crippen LogP contribution < -0.4 is 0 Å². The highest BCUT2D eigenvalue weighted by molar-refractivity contribution is 8.00. The van der Waals surface area contributed by atoms with Crippen molar-refractivity contribution in [2.24, 2.45) is 0 Å². The van der Waals surface area contributed by atoms with E-state index in [9.17, 15) is 14.7 Å². The van der Waals surface area contributed by atoms with Gasteiger partial charge < -0.3 is 15.3 Å². The number of unbranched alkanes of at least 4 members (excludes halogenated alkanes) is 3. The van der Waals surface area contributed by atoms with Gasteiger partial charge in [-0.2, -0.15) is 11.8 Å². The Bertz CT molecular complexity index is 634. The van der Waals surface area contributed by atoms with Crippen LogP contribution in [0.4, 0.5) is 0 Å². The fourth-order valence-electron chi connectivity index (χ4n) is 2.76. The zero-order chi connectivity index (χ0) is 23.9. The number of carboxylic acids is 2. The minimum absolute atomic E-state index is 0.0127. The zero-order valence-electron chi connectivity index (χ0n) is 19.3. The molecule has 2 atom stereocenters. The van der Waals surface area contributed by atoms with Gasteiger partial charge in [0.2, 0.25) is 0 Å². The lowest BCUT2D eigenvalue weighted by Crippen LogP contribution is -2.21. The summed E-state index contributed by atoms with van der Waals surface area (Å²) in [6, 6.07) is 0. The second-order valence-electron chi connectivity index (χ2n) is 7.45. The Kier molecular flexibility index (Phi) is 20.7. The summed E-state index contributed by atoms with van der Waals surface area (Å²) >= 11 is 1.59. The van der Waals surface area contributed by atoms with E-state index in [1.807, 2.05) is 36.5 Å². The van der Waals surface area contributed by atoms with Crippen LogP contribution in [0.3, 0.4) is 0 Å². The van der Waals surface area contributed by atoms with E-state index in [1.165, 1.54) is 19.3 Å². The number of carbonyl (C=O) groups is 2. The van der Waals surface area contributed by atoms with Crippen LogP contribution >= 0.6 is 11.8 Å². The Balaban J connectivity index is 4.48. The van der Waals surface area contributed by atoms with Crippen molar-refractivity contribution in [1.82, 2.24) is 0 Å². The first-order chi connectivity index (χ1) is 15.5. The minimum atomic E-state index is -0.856. The smallest absolute Gasteiger partial charge is 0.307 e. The first-order valence-electron chi connectivity index (χ1n) is 11.5. The molecule has 0 aliphatic rings. The standard InChI is InChI=1S/C26H40O5S/c1-2-3-4-5-6-7-8-9-10-11-12-14-19-24(23(27)18-17-21-26(30)31)32-22-16-13-15-20-25(28)29/h6-7,9-15,19,23-24,27H,2-5,8,16-18,20-22H2,1H3,(H,28,29)(H,30,31)/b7-6-,10-9-,12-11+,15-13+,19-14+/t23-,24+/m0/s1. The molecule has 0 aromatic carbocycles. The Morgan fingerprint density at radius 2 is 1.59 bits per heavy atom. The van der Waals surface area contributed by atoms with Crippen molar-refractivity contribution in [3.8, 4) is 0 Å². The van der Waals surface area contributed by atoms with E-state index < -0.39 is 18.0 Å². The molecule has 0 aromatic heterocycles. The molecule has 0 rings (SSSR count). The number of allylic oxidation sites excluding steroid dienone is 8. The molecule has 0 saturated heterocycles. The van der Waals surface area contributed by atoms with Gasteiger partial charge in [0.05, 0.1) is 12.5 Å². The lowest BCUT2D eigenvalue weighted by molar-refractivity contribution is -0.137. The number of aliphatic hydroxyl groups is 1. The monoisotopic (exact) mass is 464 g/mol. The summed E-state index contributed by atoms with van der Waals surface area (Å²) < 4.78 is 0. The van der Waals surface area contributed by atoms with E-state index in [0.29, 0.717) is 19.3 Å². The number of hydrogen-bond acceptors (Lipinski definition) is 4. The molecular formula is C26H40O5S. The predicted octanol–water partition coefficient (Wildman–Crippen LogP) is 6.32. The molecule has 0 saturated carbocycles. The van der Waals surface area contributed by atoms with Crippen molar-refractivity contribution in [2.75, 3.05) is 5.75 Å². The van der Waals surface area contributed by atoms with Gasteiger partial charge in [-0.15, -0.1) is 0 Å². The van der Waals surface area contributed by atoms with Gasteiger partial charge in [0, 0.05) is 11.7 Å². The van der Waals surface area contributed by atoms with Gasteiger partial charge in [0.1, 0.15) is 0 Å². The predicted molar refractivity (Wildman–Crippen MR) is 135 cm³/mol. The van der Waals surface area contributed by atoms with Gasteiger partial charge in [-0.3, -0.25) is 9.59 Å². The molecule has 0 bridgehead atoms. The van der Waals surface area contributed by atoms with Crippen LogP contribution in [0.1, 0.15) is 71.1 Å². The highest BCUT2D eigenvalue weighted by Gasteiger charge is 2.16. The second kappa shape index (κ2) is 22.2. The lowest BCUT2D eigenvalue weighted by atomic mass is 10.1. The van der Waals surface area contributed by atoms with Gasteiger partial charge in [-0.1, -0.05) is 80.5 Å². The maximum absolute atomic E-state index is 10.7. The van der Waals surface area contributed by atoms with Crippen LogP contribution in [0.5, 0.6) is 0 Å². The number of aliphatic hydroxyl groups excluding tert-OH is 1. The van der Waals surface area contributed by atoms with E-state index in [4.69, 9.17) is 10.2 Å². The molecule has 0 aliphatic heterocycles. The maximum atomic E-state index is 10.7. The fourth-order valence-corrected chi connectivity index (χ4v) is 3.86. The summed E-state index contributed by atoms with van der Waals surface area (Å²) in [4.78, 5) is 21.2. The minimum Gasteiger partial charge on any atom is -0.481 e. The molecule has 0 aliphatic carbocycles. The average molecular weight is 465 g/mol. The van der Waals surface area contributed by atoms with E-state index in [0.717, 1.165) is 18.6 Å². The zero-order valence-corrected chi connectivity index (χ0v) is 20.1. The van der Waals surface area contributed by atoms with Crippen LogP contribution in [0.15, 0.2) is 60.8 Å². The first-order valence-corrected chi connectivity index (χ1v) is 12.6. The molecule has 0 spiro atoms. The molecule has 0 fully saturated rings.